The van der Waals surface area contributed by atoms with Crippen LogP contribution in [0.3, 0.4) is 0 Å². The zero-order chi connectivity index (χ0) is 21.7. The highest BCUT2D eigenvalue weighted by atomic mass is 35.5. The summed E-state index contributed by atoms with van der Waals surface area (Å²) in [5.41, 5.74) is 1.10. The molecule has 0 N–H and O–H groups in total. The molecule has 0 aliphatic carbocycles. The first kappa shape index (κ1) is 23.4. The molecule has 3 rings (SSSR count). The molecule has 5 nitrogen and oxygen atoms in total. The summed E-state index contributed by atoms with van der Waals surface area (Å²) in [6, 6.07) is 5.73. The van der Waals surface area contributed by atoms with Gasteiger partial charge in [-0.1, -0.05) is 25.4 Å². The summed E-state index contributed by atoms with van der Waals surface area (Å²) in [7, 11) is 1.49. The van der Waals surface area contributed by atoms with Gasteiger partial charge in [0, 0.05) is 24.7 Å². The topological polar surface area (TPSA) is 42.0 Å². The molecule has 1 aromatic rings. The number of methoxy groups -OCH3 is 1. The van der Waals surface area contributed by atoms with Gasteiger partial charge < -0.3 is 14.4 Å². The zero-order valence-corrected chi connectivity index (χ0v) is 19.7. The smallest absolute Gasteiger partial charge is 0.323 e. The van der Waals surface area contributed by atoms with Crippen LogP contribution in [0.1, 0.15) is 45.1 Å². The number of carbonyl (C=O) groups excluding carboxylic acids is 1. The highest BCUT2D eigenvalue weighted by Gasteiger charge is 2.33. The van der Waals surface area contributed by atoms with E-state index in [0.717, 1.165) is 74.7 Å². The highest BCUT2D eigenvalue weighted by Crippen LogP contribution is 2.27. The molecule has 1 atom stereocenters. The molecule has 2 aliphatic heterocycles. The van der Waals surface area contributed by atoms with Gasteiger partial charge in [0.05, 0.1) is 7.11 Å². The minimum Gasteiger partial charge on any atom is -0.490 e. The van der Waals surface area contributed by atoms with E-state index in [9.17, 15) is 4.79 Å². The molecule has 2 saturated heterocycles. The number of carbonyl (C=O) groups is 1. The Morgan fingerprint density at radius 1 is 1.13 bits per heavy atom. The average Bonchev–Trinajstić information content (AvgIpc) is 2.72. The summed E-state index contributed by atoms with van der Waals surface area (Å²) in [5, 5.41) is 0.756. The average molecular weight is 437 g/mol. The number of ether oxygens (including phenoxy) is 2. The number of hydrogen-bond donors (Lipinski definition) is 0. The number of hydrogen-bond acceptors (Lipinski definition) is 5. The summed E-state index contributed by atoms with van der Waals surface area (Å²) in [6.45, 7) is 11.6. The molecule has 1 aromatic carbocycles. The van der Waals surface area contributed by atoms with Crippen LogP contribution in [0.2, 0.25) is 5.02 Å². The van der Waals surface area contributed by atoms with Gasteiger partial charge in [0.15, 0.2) is 0 Å². The van der Waals surface area contributed by atoms with Gasteiger partial charge in [-0.05, 0) is 81.3 Å². The Balaban J connectivity index is 1.41. The molecule has 0 saturated carbocycles. The van der Waals surface area contributed by atoms with Crippen molar-refractivity contribution >= 4 is 17.6 Å². The molecule has 2 heterocycles. The van der Waals surface area contributed by atoms with Crippen molar-refractivity contribution in [2.75, 3.05) is 39.8 Å². The Kier molecular flexibility index (Phi) is 8.44. The molecule has 6 heteroatoms. The van der Waals surface area contributed by atoms with E-state index in [-0.39, 0.29) is 24.0 Å². The maximum absolute atomic E-state index is 12.2. The molecule has 0 bridgehead atoms. The van der Waals surface area contributed by atoms with Crippen molar-refractivity contribution < 1.29 is 14.3 Å². The lowest BCUT2D eigenvalue weighted by Gasteiger charge is -2.40. The fraction of sp³-hybridized carbons (Fsp3) is 0.708. The van der Waals surface area contributed by atoms with Crippen LogP contribution < -0.4 is 4.74 Å². The number of piperidine rings is 2. The Morgan fingerprint density at radius 2 is 1.80 bits per heavy atom. The Hall–Kier alpha value is -1.30. The molecule has 168 valence electrons. The molecule has 0 amide bonds. The Bertz CT molecular complexity index is 696. The van der Waals surface area contributed by atoms with E-state index in [0.29, 0.717) is 5.92 Å². The second-order valence-electron chi connectivity index (χ2n) is 9.22. The van der Waals surface area contributed by atoms with Gasteiger partial charge in [0.25, 0.3) is 0 Å². The third-order valence-electron chi connectivity index (χ3n) is 6.60. The van der Waals surface area contributed by atoms with E-state index in [2.05, 4.69) is 23.6 Å². The summed E-state index contributed by atoms with van der Waals surface area (Å²) in [5.74, 6) is 1.84. The number of halogens is 1. The summed E-state index contributed by atoms with van der Waals surface area (Å²) in [4.78, 5) is 17.1. The molecule has 0 radical (unpaired) electrons. The van der Waals surface area contributed by atoms with Gasteiger partial charge in [-0.15, -0.1) is 0 Å². The van der Waals surface area contributed by atoms with Gasteiger partial charge in [0.1, 0.15) is 17.9 Å². The first-order valence-corrected chi connectivity index (χ1v) is 11.7. The minimum atomic E-state index is -0.111. The van der Waals surface area contributed by atoms with Crippen molar-refractivity contribution in [1.82, 2.24) is 9.80 Å². The second kappa shape index (κ2) is 10.8. The van der Waals surface area contributed by atoms with Crippen molar-refractivity contribution in [3.63, 3.8) is 0 Å². The SMILES string of the molecule is COC(=O)[C@@H](C(C)C)N1CCC(CN2CCC(Oc3ccc(Cl)cc3C)CC2)CC1. The monoisotopic (exact) mass is 436 g/mol. The fourth-order valence-electron chi connectivity index (χ4n) is 4.88. The zero-order valence-electron chi connectivity index (χ0n) is 18.9. The number of esters is 1. The van der Waals surface area contributed by atoms with Crippen molar-refractivity contribution in [3.05, 3.63) is 28.8 Å². The maximum Gasteiger partial charge on any atom is 0.323 e. The van der Waals surface area contributed by atoms with E-state index >= 15 is 0 Å². The third kappa shape index (κ3) is 6.12. The van der Waals surface area contributed by atoms with E-state index in [1.807, 2.05) is 25.1 Å². The van der Waals surface area contributed by atoms with Crippen LogP contribution >= 0.6 is 11.6 Å². The predicted molar refractivity (Wildman–Crippen MR) is 121 cm³/mol. The van der Waals surface area contributed by atoms with Crippen LogP contribution in [-0.4, -0.2) is 67.7 Å². The van der Waals surface area contributed by atoms with Gasteiger partial charge in [-0.2, -0.15) is 0 Å². The van der Waals surface area contributed by atoms with Gasteiger partial charge >= 0.3 is 5.97 Å². The Labute approximate surface area is 186 Å². The molecule has 2 fully saturated rings. The molecule has 0 spiro atoms. The van der Waals surface area contributed by atoms with Gasteiger partial charge in [-0.3, -0.25) is 9.69 Å². The second-order valence-corrected chi connectivity index (χ2v) is 9.66. The van der Waals surface area contributed by atoms with Crippen molar-refractivity contribution in [3.8, 4) is 5.75 Å². The van der Waals surface area contributed by atoms with E-state index < -0.39 is 0 Å². The van der Waals surface area contributed by atoms with Gasteiger partial charge in [-0.25, -0.2) is 0 Å². The molecule has 0 aromatic heterocycles. The Morgan fingerprint density at radius 3 is 2.37 bits per heavy atom. The van der Waals surface area contributed by atoms with Crippen LogP contribution in [0.4, 0.5) is 0 Å². The van der Waals surface area contributed by atoms with E-state index in [4.69, 9.17) is 21.1 Å². The third-order valence-corrected chi connectivity index (χ3v) is 6.83. The molecule has 2 aliphatic rings. The largest absolute Gasteiger partial charge is 0.490 e. The van der Waals surface area contributed by atoms with Crippen molar-refractivity contribution in [2.24, 2.45) is 11.8 Å². The molecule has 30 heavy (non-hydrogen) atoms. The lowest BCUT2D eigenvalue weighted by atomic mass is 9.92. The number of aryl methyl sites for hydroxylation is 1. The fourth-order valence-corrected chi connectivity index (χ4v) is 5.10. The predicted octanol–water partition coefficient (Wildman–Crippen LogP) is 4.40. The van der Waals surface area contributed by atoms with Crippen molar-refractivity contribution in [2.45, 2.75) is 58.6 Å². The quantitative estimate of drug-likeness (QED) is 0.592. The normalized spacial score (nSPS) is 21.0. The molecular formula is C24H37ClN2O3. The lowest BCUT2D eigenvalue weighted by Crippen LogP contribution is -2.50. The van der Waals surface area contributed by atoms with E-state index in [1.165, 1.54) is 7.11 Å². The van der Waals surface area contributed by atoms with Crippen LogP contribution in [0.15, 0.2) is 18.2 Å². The standard InChI is InChI=1S/C24H37ClN2O3/c1-17(2)23(24(28)29-4)27-13-7-19(8-14-27)16-26-11-9-21(10-12-26)30-22-6-5-20(25)15-18(22)3/h5-6,15,17,19,21,23H,7-14,16H2,1-4H3/t23-/m1/s1. The summed E-state index contributed by atoms with van der Waals surface area (Å²) in [6.07, 6.45) is 4.73. The number of nitrogens with zero attached hydrogens (tertiary/aromatic N) is 2. The number of rotatable bonds is 7. The van der Waals surface area contributed by atoms with Crippen LogP contribution in [0.5, 0.6) is 5.75 Å². The minimum absolute atomic E-state index is 0.0959. The number of benzene rings is 1. The molecular weight excluding hydrogens is 400 g/mol. The van der Waals surface area contributed by atoms with Crippen molar-refractivity contribution in [1.29, 1.82) is 0 Å². The first-order valence-electron chi connectivity index (χ1n) is 11.3. The lowest BCUT2D eigenvalue weighted by molar-refractivity contribution is -0.149. The highest BCUT2D eigenvalue weighted by molar-refractivity contribution is 6.30. The molecule has 0 unspecified atom stereocenters. The maximum atomic E-state index is 12.2. The van der Waals surface area contributed by atoms with Crippen LogP contribution in [0.25, 0.3) is 0 Å². The number of likely N-dealkylation sites (tertiary alicyclic amines) is 2. The summed E-state index contributed by atoms with van der Waals surface area (Å²) < 4.78 is 11.3. The van der Waals surface area contributed by atoms with E-state index in [1.54, 1.807) is 0 Å². The summed E-state index contributed by atoms with van der Waals surface area (Å²) >= 11 is 6.05. The van der Waals surface area contributed by atoms with Crippen LogP contribution in [-0.2, 0) is 9.53 Å². The first-order chi connectivity index (χ1) is 14.4. The van der Waals surface area contributed by atoms with Crippen LogP contribution in [0, 0.1) is 18.8 Å². The van der Waals surface area contributed by atoms with Gasteiger partial charge in [0.2, 0.25) is 0 Å².